The lowest BCUT2D eigenvalue weighted by Crippen LogP contribution is -2.16. The molecule has 0 saturated heterocycles. The van der Waals surface area contributed by atoms with Gasteiger partial charge in [-0.3, -0.25) is 9.78 Å². The quantitative estimate of drug-likeness (QED) is 0.637. The maximum atomic E-state index is 13.8. The van der Waals surface area contributed by atoms with Gasteiger partial charge in [0.05, 0.1) is 17.4 Å². The zero-order chi connectivity index (χ0) is 21.4. The molecular formula is C25H23FN4O. The molecule has 1 amide bonds. The second kappa shape index (κ2) is 8.07. The minimum absolute atomic E-state index is 0.00336. The van der Waals surface area contributed by atoms with Crippen molar-refractivity contribution >= 4 is 22.5 Å². The lowest BCUT2D eigenvalue weighted by Gasteiger charge is -2.17. The standard InChI is InChI=1S/C25H23FN4O/c26-19-1-4-24-23(12-19)22(5-6-28-24)18-10-16-7-15(8-17(16)11-18)9-25(31)30-21-3-2-20(13-27)29-14-21/h1-6,12,14-18H,7-11H2,(H,30,31)/t15-,16-,17?,18-/m0/s1. The van der Waals surface area contributed by atoms with Crippen LogP contribution in [0.3, 0.4) is 0 Å². The Bertz CT molecular complexity index is 1160. The zero-order valence-electron chi connectivity index (χ0n) is 17.1. The van der Waals surface area contributed by atoms with Crippen LogP contribution < -0.4 is 5.32 Å². The Morgan fingerprint density at radius 3 is 2.61 bits per heavy atom. The van der Waals surface area contributed by atoms with Crippen molar-refractivity contribution in [1.82, 2.24) is 9.97 Å². The van der Waals surface area contributed by atoms with E-state index >= 15 is 0 Å². The number of nitriles is 1. The van der Waals surface area contributed by atoms with Crippen molar-refractivity contribution < 1.29 is 9.18 Å². The molecule has 5 nitrogen and oxygen atoms in total. The molecule has 5 rings (SSSR count). The van der Waals surface area contributed by atoms with Crippen molar-refractivity contribution in [2.75, 3.05) is 5.32 Å². The summed E-state index contributed by atoms with van der Waals surface area (Å²) in [4.78, 5) is 20.8. The Balaban J connectivity index is 1.20. The molecule has 2 saturated carbocycles. The lowest BCUT2D eigenvalue weighted by molar-refractivity contribution is -0.117. The number of rotatable bonds is 4. The van der Waals surface area contributed by atoms with Gasteiger partial charge in [0.2, 0.25) is 5.91 Å². The lowest BCUT2D eigenvalue weighted by atomic mass is 9.89. The van der Waals surface area contributed by atoms with Crippen LogP contribution in [0, 0.1) is 34.9 Å². The number of nitrogens with one attached hydrogen (secondary N) is 1. The van der Waals surface area contributed by atoms with Gasteiger partial charge in [-0.1, -0.05) is 0 Å². The summed E-state index contributed by atoms with van der Waals surface area (Å²) in [7, 11) is 0. The SMILES string of the molecule is N#Cc1ccc(NC(=O)C[C@@H]2CC3C[C@@H](c4ccnc5ccc(F)cc45)C[C@@H]3C2)cn1. The number of pyridine rings is 2. The number of benzene rings is 1. The fourth-order valence-corrected chi connectivity index (χ4v) is 5.67. The predicted molar refractivity (Wildman–Crippen MR) is 116 cm³/mol. The van der Waals surface area contributed by atoms with Crippen molar-refractivity contribution in [3.8, 4) is 6.07 Å². The highest BCUT2D eigenvalue weighted by Gasteiger charge is 2.42. The molecule has 2 aliphatic carbocycles. The summed E-state index contributed by atoms with van der Waals surface area (Å²) in [5, 5.41) is 12.6. The van der Waals surface area contributed by atoms with Crippen LogP contribution in [0.1, 0.15) is 49.3 Å². The number of carbonyl (C=O) groups excluding carboxylic acids is 1. The predicted octanol–water partition coefficient (Wildman–Crippen LogP) is 5.19. The minimum atomic E-state index is -0.219. The number of aromatic nitrogens is 2. The van der Waals surface area contributed by atoms with E-state index in [0.717, 1.165) is 36.6 Å². The monoisotopic (exact) mass is 414 g/mol. The summed E-state index contributed by atoms with van der Waals surface area (Å²) >= 11 is 0. The third-order valence-electron chi connectivity index (χ3n) is 6.93. The molecule has 31 heavy (non-hydrogen) atoms. The van der Waals surface area contributed by atoms with E-state index in [0.29, 0.717) is 41.5 Å². The molecule has 0 radical (unpaired) electrons. The minimum Gasteiger partial charge on any atom is -0.325 e. The molecule has 4 atom stereocenters. The van der Waals surface area contributed by atoms with E-state index in [9.17, 15) is 9.18 Å². The van der Waals surface area contributed by atoms with Crippen LogP contribution in [0.5, 0.6) is 0 Å². The summed E-state index contributed by atoms with van der Waals surface area (Å²) in [6.07, 6.45) is 8.19. The third kappa shape index (κ3) is 4.00. The van der Waals surface area contributed by atoms with Gasteiger partial charge in [-0.15, -0.1) is 0 Å². The molecule has 156 valence electrons. The number of anilines is 1. The maximum absolute atomic E-state index is 13.8. The number of nitrogens with zero attached hydrogens (tertiary/aromatic N) is 3. The summed E-state index contributed by atoms with van der Waals surface area (Å²) in [5.41, 5.74) is 3.02. The number of fused-ring (bicyclic) bond motifs is 2. The third-order valence-corrected chi connectivity index (χ3v) is 6.93. The summed E-state index contributed by atoms with van der Waals surface area (Å²) in [6, 6.07) is 12.2. The Hall–Kier alpha value is -3.33. The topological polar surface area (TPSA) is 78.7 Å². The highest BCUT2D eigenvalue weighted by Crippen LogP contribution is 2.53. The summed E-state index contributed by atoms with van der Waals surface area (Å²) < 4.78 is 13.8. The van der Waals surface area contributed by atoms with Crippen LogP contribution in [0.15, 0.2) is 48.8 Å². The highest BCUT2D eigenvalue weighted by molar-refractivity contribution is 5.90. The smallest absolute Gasteiger partial charge is 0.224 e. The van der Waals surface area contributed by atoms with Gasteiger partial charge < -0.3 is 5.32 Å². The molecule has 1 unspecified atom stereocenters. The van der Waals surface area contributed by atoms with E-state index < -0.39 is 0 Å². The molecule has 2 aromatic heterocycles. The van der Waals surface area contributed by atoms with E-state index in [-0.39, 0.29) is 11.7 Å². The Morgan fingerprint density at radius 1 is 1.10 bits per heavy atom. The molecule has 2 heterocycles. The van der Waals surface area contributed by atoms with Crippen LogP contribution in [0.4, 0.5) is 10.1 Å². The molecule has 1 N–H and O–H groups in total. The van der Waals surface area contributed by atoms with Crippen LogP contribution in [-0.4, -0.2) is 15.9 Å². The fraction of sp³-hybridized carbons (Fsp3) is 0.360. The summed E-state index contributed by atoms with van der Waals surface area (Å²) in [5.74, 6) is 1.86. The second-order valence-corrected chi connectivity index (χ2v) is 8.88. The van der Waals surface area contributed by atoms with E-state index in [2.05, 4.69) is 15.3 Å². The first kappa shape index (κ1) is 19.6. The van der Waals surface area contributed by atoms with Crippen molar-refractivity contribution in [2.24, 2.45) is 17.8 Å². The molecule has 0 spiro atoms. The van der Waals surface area contributed by atoms with Gasteiger partial charge >= 0.3 is 0 Å². The molecule has 0 aliphatic heterocycles. The Morgan fingerprint density at radius 2 is 1.90 bits per heavy atom. The average Bonchev–Trinajstić information content (AvgIpc) is 3.32. The maximum Gasteiger partial charge on any atom is 0.224 e. The number of carbonyl (C=O) groups is 1. The number of amides is 1. The van der Waals surface area contributed by atoms with E-state index in [1.54, 1.807) is 24.3 Å². The first-order valence-corrected chi connectivity index (χ1v) is 10.8. The number of hydrogen-bond donors (Lipinski definition) is 1. The first-order valence-electron chi connectivity index (χ1n) is 10.8. The number of hydrogen-bond acceptors (Lipinski definition) is 4. The highest BCUT2D eigenvalue weighted by atomic mass is 19.1. The van der Waals surface area contributed by atoms with Crippen molar-refractivity contribution in [1.29, 1.82) is 5.26 Å². The van der Waals surface area contributed by atoms with Gasteiger partial charge in [-0.25, -0.2) is 9.37 Å². The van der Waals surface area contributed by atoms with Crippen LogP contribution in [-0.2, 0) is 4.79 Å². The molecule has 0 bridgehead atoms. The number of halogens is 1. The van der Waals surface area contributed by atoms with Crippen LogP contribution in [0.2, 0.25) is 0 Å². The Kier molecular flexibility index (Phi) is 5.11. The summed E-state index contributed by atoms with van der Waals surface area (Å²) in [6.45, 7) is 0. The van der Waals surface area contributed by atoms with Gasteiger partial charge in [0, 0.05) is 18.0 Å². The van der Waals surface area contributed by atoms with E-state index in [1.165, 1.54) is 17.8 Å². The van der Waals surface area contributed by atoms with Gasteiger partial charge in [-0.05, 0) is 91.3 Å². The van der Waals surface area contributed by atoms with Crippen molar-refractivity contribution in [2.45, 2.75) is 38.0 Å². The normalized spacial score (nSPS) is 24.6. The first-order chi connectivity index (χ1) is 15.1. The molecule has 3 aromatic rings. The van der Waals surface area contributed by atoms with Crippen LogP contribution >= 0.6 is 0 Å². The molecule has 2 aliphatic rings. The van der Waals surface area contributed by atoms with Gasteiger partial charge in [0.25, 0.3) is 0 Å². The van der Waals surface area contributed by atoms with Crippen LogP contribution in [0.25, 0.3) is 10.9 Å². The van der Waals surface area contributed by atoms with Gasteiger partial charge in [0.1, 0.15) is 17.6 Å². The largest absolute Gasteiger partial charge is 0.325 e. The fourth-order valence-electron chi connectivity index (χ4n) is 5.67. The Labute approximate surface area is 180 Å². The average molecular weight is 414 g/mol. The van der Waals surface area contributed by atoms with Gasteiger partial charge in [-0.2, -0.15) is 5.26 Å². The zero-order valence-corrected chi connectivity index (χ0v) is 17.1. The van der Waals surface area contributed by atoms with E-state index in [1.807, 2.05) is 18.3 Å². The van der Waals surface area contributed by atoms with Crippen molar-refractivity contribution in [3.05, 3.63) is 65.9 Å². The molecular weight excluding hydrogens is 391 g/mol. The molecule has 1 aromatic carbocycles. The molecule has 6 heteroatoms. The second-order valence-electron chi connectivity index (χ2n) is 8.88. The van der Waals surface area contributed by atoms with Gasteiger partial charge in [0.15, 0.2) is 0 Å². The van der Waals surface area contributed by atoms with E-state index in [4.69, 9.17) is 5.26 Å². The molecule has 2 fully saturated rings. The van der Waals surface area contributed by atoms with Crippen molar-refractivity contribution in [3.63, 3.8) is 0 Å².